The first-order valence-electron chi connectivity index (χ1n) is 8.02. The number of rotatable bonds is 10. The number of unbranched alkanes of at least 4 members (excludes halogenated alkanes) is 1. The second kappa shape index (κ2) is 9.99. The first-order chi connectivity index (χ1) is 11.2. The molecule has 0 unspecified atom stereocenters. The van der Waals surface area contributed by atoms with E-state index < -0.39 is 0 Å². The lowest BCUT2D eigenvalue weighted by Crippen LogP contribution is -2.16. The Morgan fingerprint density at radius 2 is 1.78 bits per heavy atom. The van der Waals surface area contributed by atoms with Crippen molar-refractivity contribution >= 4 is 23.2 Å². The fourth-order valence-corrected chi connectivity index (χ4v) is 2.71. The lowest BCUT2D eigenvalue weighted by molar-refractivity contribution is 0.128. The summed E-state index contributed by atoms with van der Waals surface area (Å²) < 4.78 is 11.4. The van der Waals surface area contributed by atoms with Gasteiger partial charge < -0.3 is 14.5 Å². The average molecular weight is 356 g/mol. The molecule has 0 aliphatic carbocycles. The largest absolute Gasteiger partial charge is 0.460 e. The number of ether oxygens (including phenoxy) is 1. The molecule has 1 aromatic heterocycles. The molecular formula is C18H23Cl2NO2. The Kier molecular flexibility index (Phi) is 7.96. The third-order valence-corrected chi connectivity index (χ3v) is 3.83. The minimum atomic E-state index is 0.603. The molecule has 3 nitrogen and oxygen atoms in total. The summed E-state index contributed by atoms with van der Waals surface area (Å²) in [7, 11) is 0. The van der Waals surface area contributed by atoms with Crippen LogP contribution in [-0.4, -0.2) is 19.8 Å². The van der Waals surface area contributed by atoms with Crippen LogP contribution in [0.1, 0.15) is 31.9 Å². The minimum absolute atomic E-state index is 0.603. The molecule has 2 rings (SSSR count). The fourth-order valence-electron chi connectivity index (χ4n) is 2.18. The standard InChI is InChI=1S/C18H23Cl2NO2/c1-2-3-8-22-9-4-7-21-13-17-5-6-18(23-17)14-10-15(19)12-16(20)11-14/h5-6,10-12,21H,2-4,7-9,13H2,1H3. The van der Waals surface area contributed by atoms with E-state index in [9.17, 15) is 0 Å². The Hall–Kier alpha value is -1.00. The third-order valence-electron chi connectivity index (χ3n) is 3.39. The summed E-state index contributed by atoms with van der Waals surface area (Å²) in [5, 5.41) is 4.56. The van der Waals surface area contributed by atoms with Gasteiger partial charge in [0.25, 0.3) is 0 Å². The van der Waals surface area contributed by atoms with Crippen LogP contribution in [0, 0.1) is 0 Å². The van der Waals surface area contributed by atoms with Crippen LogP contribution in [0.25, 0.3) is 11.3 Å². The molecule has 0 radical (unpaired) electrons. The lowest BCUT2D eigenvalue weighted by Gasteiger charge is -2.04. The van der Waals surface area contributed by atoms with Gasteiger partial charge in [0.05, 0.1) is 6.54 Å². The Morgan fingerprint density at radius 1 is 1.04 bits per heavy atom. The van der Waals surface area contributed by atoms with Gasteiger partial charge in [-0.1, -0.05) is 36.5 Å². The van der Waals surface area contributed by atoms with Crippen molar-refractivity contribution in [3.8, 4) is 11.3 Å². The van der Waals surface area contributed by atoms with Crippen LogP contribution < -0.4 is 5.32 Å². The molecule has 0 fully saturated rings. The van der Waals surface area contributed by atoms with Crippen molar-refractivity contribution in [2.24, 2.45) is 0 Å². The highest BCUT2D eigenvalue weighted by atomic mass is 35.5. The van der Waals surface area contributed by atoms with E-state index in [1.54, 1.807) is 6.07 Å². The molecule has 0 atom stereocenters. The average Bonchev–Trinajstić information content (AvgIpc) is 2.98. The van der Waals surface area contributed by atoms with Crippen LogP contribution in [0.4, 0.5) is 0 Å². The van der Waals surface area contributed by atoms with Gasteiger partial charge in [-0.2, -0.15) is 0 Å². The predicted octanol–water partition coefficient (Wildman–Crippen LogP) is 5.55. The summed E-state index contributed by atoms with van der Waals surface area (Å²) in [6, 6.07) is 9.30. The van der Waals surface area contributed by atoms with Crippen molar-refractivity contribution in [2.75, 3.05) is 19.8 Å². The van der Waals surface area contributed by atoms with Crippen LogP contribution in [0.2, 0.25) is 10.0 Å². The maximum absolute atomic E-state index is 6.02. The molecule has 126 valence electrons. The second-order valence-electron chi connectivity index (χ2n) is 5.42. The molecule has 0 saturated heterocycles. The van der Waals surface area contributed by atoms with Gasteiger partial charge in [0, 0.05) is 28.8 Å². The number of furan rings is 1. The first kappa shape index (κ1) is 18.3. The zero-order chi connectivity index (χ0) is 16.5. The third kappa shape index (κ3) is 6.56. The molecule has 0 aliphatic heterocycles. The second-order valence-corrected chi connectivity index (χ2v) is 6.29. The van der Waals surface area contributed by atoms with E-state index in [4.69, 9.17) is 32.4 Å². The van der Waals surface area contributed by atoms with Gasteiger partial charge in [0.15, 0.2) is 0 Å². The summed E-state index contributed by atoms with van der Waals surface area (Å²) in [4.78, 5) is 0. The molecule has 5 heteroatoms. The minimum Gasteiger partial charge on any atom is -0.460 e. The van der Waals surface area contributed by atoms with E-state index in [0.717, 1.165) is 49.7 Å². The maximum atomic E-state index is 6.02. The quantitative estimate of drug-likeness (QED) is 0.567. The molecule has 0 bridgehead atoms. The van der Waals surface area contributed by atoms with Gasteiger partial charge in [0.2, 0.25) is 0 Å². The Bertz CT molecular complexity index is 578. The van der Waals surface area contributed by atoms with Gasteiger partial charge in [-0.25, -0.2) is 0 Å². The van der Waals surface area contributed by atoms with Crippen LogP contribution in [0.15, 0.2) is 34.7 Å². The molecule has 0 amide bonds. The molecule has 23 heavy (non-hydrogen) atoms. The monoisotopic (exact) mass is 355 g/mol. The highest BCUT2D eigenvalue weighted by Gasteiger charge is 2.06. The summed E-state index contributed by atoms with van der Waals surface area (Å²) in [6.45, 7) is 5.44. The molecule has 0 spiro atoms. The topological polar surface area (TPSA) is 34.4 Å². The van der Waals surface area contributed by atoms with E-state index >= 15 is 0 Å². The van der Waals surface area contributed by atoms with Crippen molar-refractivity contribution in [3.63, 3.8) is 0 Å². The van der Waals surface area contributed by atoms with Crippen molar-refractivity contribution < 1.29 is 9.15 Å². The van der Waals surface area contributed by atoms with Gasteiger partial charge in [-0.05, 0) is 49.7 Å². The van der Waals surface area contributed by atoms with E-state index in [1.807, 2.05) is 24.3 Å². The Labute approximate surface area is 147 Å². The van der Waals surface area contributed by atoms with Gasteiger partial charge >= 0.3 is 0 Å². The Balaban J connectivity index is 1.73. The Morgan fingerprint density at radius 3 is 2.52 bits per heavy atom. The molecule has 1 aromatic carbocycles. The summed E-state index contributed by atoms with van der Waals surface area (Å²) in [5.41, 5.74) is 0.887. The van der Waals surface area contributed by atoms with Gasteiger partial charge in [0.1, 0.15) is 11.5 Å². The van der Waals surface area contributed by atoms with Gasteiger partial charge in [-0.15, -0.1) is 0 Å². The molecule has 1 heterocycles. The smallest absolute Gasteiger partial charge is 0.134 e. The highest BCUT2D eigenvalue weighted by molar-refractivity contribution is 6.35. The predicted molar refractivity (Wildman–Crippen MR) is 96.2 cm³/mol. The zero-order valence-corrected chi connectivity index (χ0v) is 14.9. The fraction of sp³-hybridized carbons (Fsp3) is 0.444. The van der Waals surface area contributed by atoms with Crippen LogP contribution >= 0.6 is 23.2 Å². The number of halogens is 2. The van der Waals surface area contributed by atoms with Crippen LogP contribution in [0.3, 0.4) is 0 Å². The van der Waals surface area contributed by atoms with Crippen LogP contribution in [0.5, 0.6) is 0 Å². The summed E-state index contributed by atoms with van der Waals surface area (Å²) in [6.07, 6.45) is 3.31. The number of hydrogen-bond acceptors (Lipinski definition) is 3. The molecule has 1 N–H and O–H groups in total. The van der Waals surface area contributed by atoms with Crippen molar-refractivity contribution in [2.45, 2.75) is 32.7 Å². The highest BCUT2D eigenvalue weighted by Crippen LogP contribution is 2.28. The van der Waals surface area contributed by atoms with Crippen LogP contribution in [-0.2, 0) is 11.3 Å². The normalized spacial score (nSPS) is 11.1. The lowest BCUT2D eigenvalue weighted by atomic mass is 10.2. The van der Waals surface area contributed by atoms with E-state index in [0.29, 0.717) is 16.6 Å². The zero-order valence-electron chi connectivity index (χ0n) is 13.4. The van der Waals surface area contributed by atoms with Crippen molar-refractivity contribution in [1.82, 2.24) is 5.32 Å². The molecule has 0 aliphatic rings. The van der Waals surface area contributed by atoms with E-state index in [2.05, 4.69) is 12.2 Å². The first-order valence-corrected chi connectivity index (χ1v) is 8.78. The van der Waals surface area contributed by atoms with Crippen molar-refractivity contribution in [1.29, 1.82) is 0 Å². The number of benzene rings is 1. The number of nitrogens with one attached hydrogen (secondary N) is 1. The molecule has 2 aromatic rings. The van der Waals surface area contributed by atoms with Gasteiger partial charge in [-0.3, -0.25) is 0 Å². The maximum Gasteiger partial charge on any atom is 0.134 e. The summed E-state index contributed by atoms with van der Waals surface area (Å²) in [5.74, 6) is 1.66. The SMILES string of the molecule is CCCCOCCCNCc1ccc(-c2cc(Cl)cc(Cl)c2)o1. The van der Waals surface area contributed by atoms with Crippen molar-refractivity contribution in [3.05, 3.63) is 46.1 Å². The molecular weight excluding hydrogens is 333 g/mol. The number of hydrogen-bond donors (Lipinski definition) is 1. The van der Waals surface area contributed by atoms with E-state index in [1.165, 1.54) is 6.42 Å². The van der Waals surface area contributed by atoms with E-state index in [-0.39, 0.29) is 0 Å². The molecule has 0 saturated carbocycles. The summed E-state index contributed by atoms with van der Waals surface area (Å²) >= 11 is 12.0.